The largest absolute Gasteiger partial charge is 0.340 e. The lowest BCUT2D eigenvalue weighted by molar-refractivity contribution is -0.135. The molecule has 5 nitrogen and oxygen atoms in total. The summed E-state index contributed by atoms with van der Waals surface area (Å²) in [5, 5.41) is 7.86. The number of hydrogen-bond donors (Lipinski definition) is 1. The van der Waals surface area contributed by atoms with Crippen LogP contribution in [0.1, 0.15) is 43.7 Å². The topological polar surface area (TPSA) is 50.2 Å². The van der Waals surface area contributed by atoms with Crippen LogP contribution in [0, 0.1) is 18.3 Å². The van der Waals surface area contributed by atoms with Crippen molar-refractivity contribution in [3.05, 3.63) is 18.0 Å². The van der Waals surface area contributed by atoms with Crippen molar-refractivity contribution in [2.45, 2.75) is 45.1 Å². The second-order valence-corrected chi connectivity index (χ2v) is 7.45. The van der Waals surface area contributed by atoms with E-state index in [-0.39, 0.29) is 24.8 Å². The number of carbonyl (C=O) groups excluding carboxylic acids is 1. The van der Waals surface area contributed by atoms with E-state index in [1.54, 1.807) is 0 Å². The van der Waals surface area contributed by atoms with E-state index in [1.807, 2.05) is 6.20 Å². The van der Waals surface area contributed by atoms with Crippen LogP contribution >= 0.6 is 24.8 Å². The number of nitrogens with zero attached hydrogens (tertiary/aromatic N) is 3. The Morgan fingerprint density at radius 1 is 1.33 bits per heavy atom. The summed E-state index contributed by atoms with van der Waals surface area (Å²) >= 11 is 0. The van der Waals surface area contributed by atoms with Gasteiger partial charge in [0.15, 0.2) is 0 Å². The highest BCUT2D eigenvalue weighted by atomic mass is 35.5. The maximum Gasteiger partial charge on any atom is 0.226 e. The third kappa shape index (κ3) is 3.58. The number of rotatable bonds is 2. The van der Waals surface area contributed by atoms with Crippen molar-refractivity contribution < 1.29 is 4.79 Å². The molecule has 2 saturated heterocycles. The van der Waals surface area contributed by atoms with E-state index in [2.05, 4.69) is 33.1 Å². The van der Waals surface area contributed by atoms with Gasteiger partial charge in [-0.3, -0.25) is 9.48 Å². The zero-order valence-corrected chi connectivity index (χ0v) is 15.9. The summed E-state index contributed by atoms with van der Waals surface area (Å²) in [5.41, 5.74) is 1.54. The Morgan fingerprint density at radius 3 is 2.75 bits per heavy atom. The quantitative estimate of drug-likeness (QED) is 0.865. The Labute approximate surface area is 156 Å². The van der Waals surface area contributed by atoms with Crippen LogP contribution in [-0.4, -0.2) is 46.8 Å². The fraction of sp³-hybridized carbons (Fsp3) is 0.765. The molecule has 2 aliphatic heterocycles. The molecule has 3 aliphatic rings. The second kappa shape index (κ2) is 7.63. The van der Waals surface area contributed by atoms with Crippen LogP contribution in [0.2, 0.25) is 0 Å². The molecule has 0 aromatic carbocycles. The summed E-state index contributed by atoms with van der Waals surface area (Å²) < 4.78 is 2.06. The van der Waals surface area contributed by atoms with Gasteiger partial charge in [-0.1, -0.05) is 0 Å². The average Bonchev–Trinajstić information content (AvgIpc) is 3.04. The van der Waals surface area contributed by atoms with Crippen molar-refractivity contribution in [2.75, 3.05) is 26.2 Å². The van der Waals surface area contributed by atoms with Crippen molar-refractivity contribution in [3.8, 4) is 0 Å². The van der Waals surface area contributed by atoms with Gasteiger partial charge >= 0.3 is 0 Å². The smallest absolute Gasteiger partial charge is 0.226 e. The first-order chi connectivity index (χ1) is 10.7. The van der Waals surface area contributed by atoms with Gasteiger partial charge in [0, 0.05) is 25.2 Å². The van der Waals surface area contributed by atoms with Crippen LogP contribution in [-0.2, 0) is 4.79 Å². The van der Waals surface area contributed by atoms with Crippen LogP contribution in [0.15, 0.2) is 12.4 Å². The molecule has 24 heavy (non-hydrogen) atoms. The van der Waals surface area contributed by atoms with Gasteiger partial charge in [0.2, 0.25) is 5.91 Å². The predicted molar refractivity (Wildman–Crippen MR) is 99.0 cm³/mol. The summed E-state index contributed by atoms with van der Waals surface area (Å²) in [7, 11) is 0. The van der Waals surface area contributed by atoms with Crippen LogP contribution in [0.25, 0.3) is 0 Å². The van der Waals surface area contributed by atoms with E-state index in [0.29, 0.717) is 23.3 Å². The number of aryl methyl sites for hydroxylation is 1. The lowest BCUT2D eigenvalue weighted by atomic mass is 9.91. The Bertz CT molecular complexity index is 571. The Balaban J connectivity index is 0.00000104. The van der Waals surface area contributed by atoms with Crippen molar-refractivity contribution in [1.29, 1.82) is 0 Å². The number of carbonyl (C=O) groups is 1. The molecule has 7 heteroatoms. The number of aromatic nitrogens is 2. The van der Waals surface area contributed by atoms with Gasteiger partial charge in [0.1, 0.15) is 0 Å². The third-order valence-corrected chi connectivity index (χ3v) is 5.90. The summed E-state index contributed by atoms with van der Waals surface area (Å²) in [4.78, 5) is 15.0. The molecule has 0 bridgehead atoms. The molecule has 0 radical (unpaired) electrons. The van der Waals surface area contributed by atoms with E-state index in [1.165, 1.54) is 18.4 Å². The average molecular weight is 375 g/mol. The lowest BCUT2D eigenvalue weighted by Crippen LogP contribution is -2.43. The van der Waals surface area contributed by atoms with E-state index in [9.17, 15) is 4.79 Å². The highest BCUT2D eigenvalue weighted by Crippen LogP contribution is 2.59. The van der Waals surface area contributed by atoms with Gasteiger partial charge in [-0.05, 0) is 63.1 Å². The highest BCUT2D eigenvalue weighted by molar-refractivity contribution is 5.85. The molecule has 1 amide bonds. The van der Waals surface area contributed by atoms with Gasteiger partial charge in [0.25, 0.3) is 0 Å². The van der Waals surface area contributed by atoms with Gasteiger partial charge < -0.3 is 10.2 Å². The number of likely N-dealkylation sites (tertiary alicyclic amines) is 1. The molecular formula is C17H28Cl2N4O. The summed E-state index contributed by atoms with van der Waals surface area (Å²) in [6.45, 7) is 6.00. The molecule has 4 rings (SSSR count). The first-order valence-corrected chi connectivity index (χ1v) is 8.68. The molecule has 2 unspecified atom stereocenters. The van der Waals surface area contributed by atoms with Gasteiger partial charge in [-0.2, -0.15) is 5.10 Å². The van der Waals surface area contributed by atoms with Crippen molar-refractivity contribution in [1.82, 2.24) is 20.0 Å². The van der Waals surface area contributed by atoms with Crippen LogP contribution in [0.4, 0.5) is 0 Å². The summed E-state index contributed by atoms with van der Waals surface area (Å²) in [6.07, 6.45) is 9.71. The van der Waals surface area contributed by atoms with E-state index >= 15 is 0 Å². The predicted octanol–water partition coefficient (Wildman–Crippen LogP) is 2.59. The van der Waals surface area contributed by atoms with E-state index in [4.69, 9.17) is 0 Å². The Morgan fingerprint density at radius 2 is 2.08 bits per heavy atom. The first kappa shape index (κ1) is 19.5. The maximum atomic E-state index is 12.9. The van der Waals surface area contributed by atoms with Crippen LogP contribution in [0.5, 0.6) is 0 Å². The molecule has 3 fully saturated rings. The fourth-order valence-electron chi connectivity index (χ4n) is 4.40. The van der Waals surface area contributed by atoms with E-state index < -0.39 is 0 Å². The zero-order valence-electron chi connectivity index (χ0n) is 14.2. The van der Waals surface area contributed by atoms with Gasteiger partial charge in [0.05, 0.1) is 12.2 Å². The SMILES string of the molecule is Cc1cnn(C2CCCN(C(=O)C3CC34CCNCC4)C2)c1.Cl.Cl. The van der Waals surface area contributed by atoms with Crippen LogP contribution < -0.4 is 5.32 Å². The van der Waals surface area contributed by atoms with Crippen molar-refractivity contribution in [2.24, 2.45) is 11.3 Å². The molecule has 1 aromatic rings. The third-order valence-electron chi connectivity index (χ3n) is 5.90. The van der Waals surface area contributed by atoms with Gasteiger partial charge in [-0.15, -0.1) is 24.8 Å². The first-order valence-electron chi connectivity index (χ1n) is 8.68. The normalized spacial score (nSPS) is 28.0. The minimum absolute atomic E-state index is 0. The zero-order chi connectivity index (χ0) is 15.2. The minimum atomic E-state index is 0. The van der Waals surface area contributed by atoms with Gasteiger partial charge in [-0.25, -0.2) is 0 Å². The number of hydrogen-bond acceptors (Lipinski definition) is 3. The molecule has 136 valence electrons. The molecule has 1 saturated carbocycles. The van der Waals surface area contributed by atoms with Crippen molar-refractivity contribution >= 4 is 30.7 Å². The summed E-state index contributed by atoms with van der Waals surface area (Å²) in [5.74, 6) is 0.711. The molecule has 1 aromatic heterocycles. The molecule has 1 aliphatic carbocycles. The number of amides is 1. The monoisotopic (exact) mass is 374 g/mol. The Hall–Kier alpha value is -0.780. The fourth-order valence-corrected chi connectivity index (χ4v) is 4.40. The number of halogens is 2. The molecule has 3 heterocycles. The second-order valence-electron chi connectivity index (χ2n) is 7.45. The van der Waals surface area contributed by atoms with Crippen LogP contribution in [0.3, 0.4) is 0 Å². The van der Waals surface area contributed by atoms with E-state index in [0.717, 1.165) is 45.4 Å². The number of nitrogens with one attached hydrogen (secondary N) is 1. The lowest BCUT2D eigenvalue weighted by Gasteiger charge is -2.34. The molecular weight excluding hydrogens is 347 g/mol. The highest BCUT2D eigenvalue weighted by Gasteiger charge is 2.58. The summed E-state index contributed by atoms with van der Waals surface area (Å²) in [6, 6.07) is 0.356. The molecule has 2 atom stereocenters. The maximum absolute atomic E-state index is 12.9. The number of piperidine rings is 2. The van der Waals surface area contributed by atoms with Crippen molar-refractivity contribution in [3.63, 3.8) is 0 Å². The minimum Gasteiger partial charge on any atom is -0.340 e. The molecule has 1 N–H and O–H groups in total. The molecule has 1 spiro atoms. The standard InChI is InChI=1S/C17H26N4O.2ClH/c1-13-10-19-21(11-13)14-3-2-8-20(12-14)16(22)15-9-17(15)4-6-18-7-5-17;;/h10-11,14-15,18H,2-9,12H2,1H3;2*1H. The Kier molecular flexibility index (Phi) is 6.21.